The van der Waals surface area contributed by atoms with Crippen molar-refractivity contribution in [1.82, 2.24) is 9.97 Å². The quantitative estimate of drug-likeness (QED) is 0.333. The Kier molecular flexibility index (Phi) is 5.07. The third-order valence-corrected chi connectivity index (χ3v) is 3.26. The molecule has 1 heterocycles. The molecular formula is C12H14ClN5O3. The number of nitrogens with zero attached hydrogens (tertiary/aromatic N) is 2. The molecule has 9 heteroatoms. The van der Waals surface area contributed by atoms with Crippen LogP contribution in [-0.2, 0) is 9.59 Å². The fraction of sp³-hybridized carbons (Fsp3) is 0.333. The maximum absolute atomic E-state index is 10.7. The first-order valence-corrected chi connectivity index (χ1v) is 6.59. The monoisotopic (exact) mass is 311 g/mol. The standard InChI is InChI=1S/C12H14ClN5O3/c13-10-9(14-5-20)11(18-12(17-10)15-6-21)16-8-2-1-7(3-8)4-19/h1-2,5-8,19H,3-4H2,(H,14,20)(H2,15,16,17,18,21)/t7-,8+/m1/s1. The molecule has 0 aromatic carbocycles. The predicted molar refractivity (Wildman–Crippen MR) is 78.2 cm³/mol. The van der Waals surface area contributed by atoms with E-state index in [1.54, 1.807) is 0 Å². The van der Waals surface area contributed by atoms with Gasteiger partial charge >= 0.3 is 0 Å². The molecule has 2 amide bonds. The molecule has 0 radical (unpaired) electrons. The topological polar surface area (TPSA) is 116 Å². The first-order valence-electron chi connectivity index (χ1n) is 6.21. The molecule has 1 aromatic heterocycles. The van der Waals surface area contributed by atoms with Crippen LogP contribution in [0.5, 0.6) is 0 Å². The van der Waals surface area contributed by atoms with E-state index in [2.05, 4.69) is 25.9 Å². The third-order valence-electron chi connectivity index (χ3n) is 2.99. The van der Waals surface area contributed by atoms with Crippen molar-refractivity contribution < 1.29 is 14.7 Å². The number of aliphatic hydroxyl groups excluding tert-OH is 1. The normalized spacial score (nSPS) is 20.1. The minimum Gasteiger partial charge on any atom is -0.396 e. The Bertz CT molecular complexity index is 566. The highest BCUT2D eigenvalue weighted by atomic mass is 35.5. The van der Waals surface area contributed by atoms with Gasteiger partial charge in [-0.25, -0.2) is 0 Å². The fourth-order valence-corrected chi connectivity index (χ4v) is 2.26. The van der Waals surface area contributed by atoms with Gasteiger partial charge in [-0.3, -0.25) is 14.9 Å². The van der Waals surface area contributed by atoms with E-state index in [1.165, 1.54) is 0 Å². The van der Waals surface area contributed by atoms with Gasteiger partial charge in [-0.2, -0.15) is 9.97 Å². The highest BCUT2D eigenvalue weighted by Gasteiger charge is 2.21. The summed E-state index contributed by atoms with van der Waals surface area (Å²) in [6, 6.07) is -0.0654. The molecule has 0 aliphatic heterocycles. The van der Waals surface area contributed by atoms with Crippen molar-refractivity contribution in [2.75, 3.05) is 22.6 Å². The van der Waals surface area contributed by atoms with Gasteiger partial charge < -0.3 is 15.7 Å². The molecule has 0 fully saturated rings. The molecule has 2 rings (SSSR count). The molecule has 0 bridgehead atoms. The van der Waals surface area contributed by atoms with Crippen LogP contribution in [0.4, 0.5) is 17.5 Å². The lowest BCUT2D eigenvalue weighted by Gasteiger charge is -2.17. The van der Waals surface area contributed by atoms with E-state index in [-0.39, 0.29) is 35.4 Å². The van der Waals surface area contributed by atoms with Crippen molar-refractivity contribution in [2.45, 2.75) is 12.5 Å². The summed E-state index contributed by atoms with van der Waals surface area (Å²) in [6.07, 6.45) is 5.38. The molecule has 0 saturated heterocycles. The Morgan fingerprint density at radius 1 is 1.29 bits per heavy atom. The Morgan fingerprint density at radius 3 is 2.67 bits per heavy atom. The van der Waals surface area contributed by atoms with Gasteiger partial charge in [0, 0.05) is 18.6 Å². The first-order chi connectivity index (χ1) is 10.2. The van der Waals surface area contributed by atoms with Gasteiger partial charge in [-0.15, -0.1) is 0 Å². The van der Waals surface area contributed by atoms with Crippen LogP contribution in [0.3, 0.4) is 0 Å². The van der Waals surface area contributed by atoms with Gasteiger partial charge in [0.05, 0.1) is 0 Å². The first kappa shape index (κ1) is 15.2. The molecule has 1 aliphatic rings. The fourth-order valence-electron chi connectivity index (χ4n) is 2.03. The average molecular weight is 312 g/mol. The number of aromatic nitrogens is 2. The summed E-state index contributed by atoms with van der Waals surface area (Å²) in [7, 11) is 0. The molecule has 2 atom stereocenters. The van der Waals surface area contributed by atoms with Crippen LogP contribution in [0.1, 0.15) is 6.42 Å². The Balaban J connectivity index is 2.24. The number of aliphatic hydroxyl groups is 1. The highest BCUT2D eigenvalue weighted by Crippen LogP contribution is 2.30. The van der Waals surface area contributed by atoms with Gasteiger partial charge in [0.25, 0.3) is 0 Å². The van der Waals surface area contributed by atoms with Gasteiger partial charge in [-0.05, 0) is 6.42 Å². The van der Waals surface area contributed by atoms with E-state index in [9.17, 15) is 9.59 Å². The van der Waals surface area contributed by atoms with E-state index in [0.29, 0.717) is 25.1 Å². The Labute approximate surface area is 125 Å². The zero-order chi connectivity index (χ0) is 15.2. The minimum atomic E-state index is -0.0654. The third kappa shape index (κ3) is 3.67. The zero-order valence-electron chi connectivity index (χ0n) is 10.9. The van der Waals surface area contributed by atoms with Crippen LogP contribution in [0.15, 0.2) is 12.2 Å². The summed E-state index contributed by atoms with van der Waals surface area (Å²) >= 11 is 5.96. The van der Waals surface area contributed by atoms with Crippen molar-refractivity contribution in [2.24, 2.45) is 5.92 Å². The van der Waals surface area contributed by atoms with E-state index >= 15 is 0 Å². The summed E-state index contributed by atoms with van der Waals surface area (Å²) in [4.78, 5) is 29.1. The number of amides is 2. The molecule has 1 aromatic rings. The summed E-state index contributed by atoms with van der Waals surface area (Å²) in [6.45, 7) is 0.0661. The van der Waals surface area contributed by atoms with E-state index in [4.69, 9.17) is 16.7 Å². The number of rotatable bonds is 7. The summed E-state index contributed by atoms with van der Waals surface area (Å²) in [5.41, 5.74) is 0.226. The van der Waals surface area contributed by atoms with Gasteiger partial charge in [0.2, 0.25) is 18.8 Å². The maximum atomic E-state index is 10.7. The van der Waals surface area contributed by atoms with Gasteiger partial charge in [-0.1, -0.05) is 23.8 Å². The Morgan fingerprint density at radius 2 is 2.05 bits per heavy atom. The minimum absolute atomic E-state index is 0.00429. The van der Waals surface area contributed by atoms with Crippen molar-refractivity contribution in [3.05, 3.63) is 17.3 Å². The largest absolute Gasteiger partial charge is 0.396 e. The molecule has 112 valence electrons. The zero-order valence-corrected chi connectivity index (χ0v) is 11.7. The second-order valence-corrected chi connectivity index (χ2v) is 4.76. The highest BCUT2D eigenvalue weighted by molar-refractivity contribution is 6.33. The van der Waals surface area contributed by atoms with Crippen LogP contribution >= 0.6 is 11.6 Å². The van der Waals surface area contributed by atoms with Crippen LogP contribution in [0.2, 0.25) is 5.15 Å². The van der Waals surface area contributed by atoms with Crippen LogP contribution < -0.4 is 16.0 Å². The van der Waals surface area contributed by atoms with Crippen molar-refractivity contribution >= 4 is 41.9 Å². The van der Waals surface area contributed by atoms with Crippen molar-refractivity contribution in [3.8, 4) is 0 Å². The number of halogens is 1. The van der Waals surface area contributed by atoms with Crippen molar-refractivity contribution in [1.29, 1.82) is 0 Å². The number of carbonyl (C=O) groups excluding carboxylic acids is 2. The van der Waals surface area contributed by atoms with E-state index in [1.807, 2.05) is 12.2 Å². The lowest BCUT2D eigenvalue weighted by Crippen LogP contribution is -2.19. The number of hydrogen-bond donors (Lipinski definition) is 4. The lowest BCUT2D eigenvalue weighted by atomic mass is 10.1. The van der Waals surface area contributed by atoms with Crippen LogP contribution in [-0.4, -0.2) is 40.5 Å². The summed E-state index contributed by atoms with van der Waals surface area (Å²) in [5.74, 6) is 0.393. The SMILES string of the molecule is O=CNc1nc(Cl)c(NC=O)c(N[C@H]2C=C[C@@H](CO)C2)n1. The molecule has 4 N–H and O–H groups in total. The van der Waals surface area contributed by atoms with Crippen molar-refractivity contribution in [3.63, 3.8) is 0 Å². The number of anilines is 3. The molecule has 8 nitrogen and oxygen atoms in total. The predicted octanol–water partition coefficient (Wildman–Crippen LogP) is 0.615. The molecule has 0 spiro atoms. The van der Waals surface area contributed by atoms with Gasteiger partial charge in [0.15, 0.2) is 11.0 Å². The lowest BCUT2D eigenvalue weighted by molar-refractivity contribution is -0.106. The molecule has 0 unspecified atom stereocenters. The molecule has 0 saturated carbocycles. The van der Waals surface area contributed by atoms with Gasteiger partial charge in [0.1, 0.15) is 5.69 Å². The number of nitrogens with one attached hydrogen (secondary N) is 3. The van der Waals surface area contributed by atoms with E-state index in [0.717, 1.165) is 0 Å². The number of hydrogen-bond acceptors (Lipinski definition) is 6. The molecule has 1 aliphatic carbocycles. The average Bonchev–Trinajstić information content (AvgIpc) is 2.91. The maximum Gasteiger partial charge on any atom is 0.232 e. The summed E-state index contributed by atoms with van der Waals surface area (Å²) in [5, 5.41) is 16.9. The Hall–Kier alpha value is -2.19. The smallest absolute Gasteiger partial charge is 0.232 e. The van der Waals surface area contributed by atoms with Crippen LogP contribution in [0, 0.1) is 5.92 Å². The molecule has 21 heavy (non-hydrogen) atoms. The molecular weight excluding hydrogens is 298 g/mol. The summed E-state index contributed by atoms with van der Waals surface area (Å²) < 4.78 is 0. The number of carbonyl (C=O) groups is 2. The second kappa shape index (κ2) is 7.00. The van der Waals surface area contributed by atoms with Crippen LogP contribution in [0.25, 0.3) is 0 Å². The van der Waals surface area contributed by atoms with E-state index < -0.39 is 0 Å². The second-order valence-electron chi connectivity index (χ2n) is 4.40.